The van der Waals surface area contributed by atoms with Crippen LogP contribution < -0.4 is 0 Å². The molecule has 2 aromatic heterocycles. The first-order chi connectivity index (χ1) is 14.0. The predicted octanol–water partition coefficient (Wildman–Crippen LogP) is 6.24. The minimum Gasteiger partial charge on any atom is -0.441 e. The Morgan fingerprint density at radius 3 is 2.76 bits per heavy atom. The number of allylic oxidation sites excluding steroid dienone is 1. The monoisotopic (exact) mass is 385 g/mol. The molecule has 0 spiro atoms. The maximum atomic E-state index is 6.08. The summed E-state index contributed by atoms with van der Waals surface area (Å²) >= 11 is 0. The summed E-state index contributed by atoms with van der Waals surface area (Å²) in [7, 11) is 1.97. The largest absolute Gasteiger partial charge is 0.441 e. The van der Waals surface area contributed by atoms with Gasteiger partial charge in [-0.3, -0.25) is 4.68 Å². The van der Waals surface area contributed by atoms with Crippen molar-refractivity contribution in [3.8, 4) is 11.3 Å². The molecule has 0 saturated carbocycles. The Hall–Kier alpha value is -3.14. The standard InChI is InChI=1S/C25H27N3O/c1-17(2)8-9-19-6-5-7-21(13-19)24-16-26-25(29-24)12-18(3)20-10-11-23-22(14-20)15-27-28(23)4/h5-11,13-18H,12H2,1-4H3/b9-8+. The lowest BCUT2D eigenvalue weighted by Crippen LogP contribution is -1.99. The summed E-state index contributed by atoms with van der Waals surface area (Å²) in [6.45, 7) is 6.56. The summed E-state index contributed by atoms with van der Waals surface area (Å²) in [4.78, 5) is 4.53. The van der Waals surface area contributed by atoms with Gasteiger partial charge in [-0.2, -0.15) is 5.10 Å². The van der Waals surface area contributed by atoms with Crippen molar-refractivity contribution in [1.29, 1.82) is 0 Å². The van der Waals surface area contributed by atoms with Gasteiger partial charge in [0.25, 0.3) is 0 Å². The minimum atomic E-state index is 0.311. The topological polar surface area (TPSA) is 43.9 Å². The highest BCUT2D eigenvalue weighted by Gasteiger charge is 2.13. The van der Waals surface area contributed by atoms with Crippen molar-refractivity contribution in [3.05, 3.63) is 78.0 Å². The predicted molar refractivity (Wildman–Crippen MR) is 119 cm³/mol. The molecule has 0 amide bonds. The van der Waals surface area contributed by atoms with E-state index in [2.05, 4.69) is 85.5 Å². The van der Waals surface area contributed by atoms with Crippen molar-refractivity contribution in [2.24, 2.45) is 13.0 Å². The van der Waals surface area contributed by atoms with E-state index in [0.29, 0.717) is 11.8 Å². The molecule has 0 bridgehead atoms. The molecule has 4 heteroatoms. The average molecular weight is 386 g/mol. The highest BCUT2D eigenvalue weighted by Crippen LogP contribution is 2.27. The van der Waals surface area contributed by atoms with Crippen molar-refractivity contribution in [1.82, 2.24) is 14.8 Å². The number of hydrogen-bond donors (Lipinski definition) is 0. The first-order valence-electron chi connectivity index (χ1n) is 10.1. The zero-order chi connectivity index (χ0) is 20.4. The van der Waals surface area contributed by atoms with Crippen LogP contribution in [0.15, 0.2) is 65.4 Å². The second kappa shape index (κ2) is 8.08. The van der Waals surface area contributed by atoms with Gasteiger partial charge in [-0.05, 0) is 41.2 Å². The van der Waals surface area contributed by atoms with E-state index in [0.717, 1.165) is 34.5 Å². The Labute approximate surface area is 171 Å². The van der Waals surface area contributed by atoms with Crippen LogP contribution in [0.4, 0.5) is 0 Å². The summed E-state index contributed by atoms with van der Waals surface area (Å²) in [5.74, 6) is 2.42. The van der Waals surface area contributed by atoms with Crippen LogP contribution in [-0.4, -0.2) is 14.8 Å². The van der Waals surface area contributed by atoms with Crippen molar-refractivity contribution in [3.63, 3.8) is 0 Å². The lowest BCUT2D eigenvalue weighted by molar-refractivity contribution is 0.488. The smallest absolute Gasteiger partial charge is 0.195 e. The zero-order valence-corrected chi connectivity index (χ0v) is 17.5. The minimum absolute atomic E-state index is 0.311. The summed E-state index contributed by atoms with van der Waals surface area (Å²) in [5.41, 5.74) is 4.64. The number of benzene rings is 2. The van der Waals surface area contributed by atoms with E-state index in [1.807, 2.05) is 24.1 Å². The first-order valence-corrected chi connectivity index (χ1v) is 10.1. The quantitative estimate of drug-likeness (QED) is 0.394. The number of oxazole rings is 1. The van der Waals surface area contributed by atoms with E-state index in [1.165, 1.54) is 11.1 Å². The van der Waals surface area contributed by atoms with E-state index in [9.17, 15) is 0 Å². The normalized spacial score (nSPS) is 13.0. The van der Waals surface area contributed by atoms with Crippen molar-refractivity contribution in [2.75, 3.05) is 0 Å². The van der Waals surface area contributed by atoms with E-state index >= 15 is 0 Å². The Morgan fingerprint density at radius 1 is 1.07 bits per heavy atom. The van der Waals surface area contributed by atoms with Gasteiger partial charge in [0.1, 0.15) is 0 Å². The third-order valence-corrected chi connectivity index (χ3v) is 5.22. The molecule has 0 saturated heterocycles. The molecule has 4 rings (SSSR count). The van der Waals surface area contributed by atoms with Crippen LogP contribution >= 0.6 is 0 Å². The fourth-order valence-electron chi connectivity index (χ4n) is 3.51. The molecule has 1 atom stereocenters. The third kappa shape index (κ3) is 4.32. The lowest BCUT2D eigenvalue weighted by Gasteiger charge is -2.10. The molecule has 0 N–H and O–H groups in total. The molecule has 4 aromatic rings. The van der Waals surface area contributed by atoms with E-state index in [1.54, 1.807) is 0 Å². The van der Waals surface area contributed by atoms with Crippen LogP contribution in [0.5, 0.6) is 0 Å². The van der Waals surface area contributed by atoms with Crippen molar-refractivity contribution < 1.29 is 4.42 Å². The van der Waals surface area contributed by atoms with Gasteiger partial charge in [0, 0.05) is 24.4 Å². The highest BCUT2D eigenvalue weighted by molar-refractivity contribution is 5.79. The maximum Gasteiger partial charge on any atom is 0.195 e. The Morgan fingerprint density at radius 2 is 1.93 bits per heavy atom. The van der Waals surface area contributed by atoms with E-state index < -0.39 is 0 Å². The fraction of sp³-hybridized carbons (Fsp3) is 0.280. The molecule has 2 heterocycles. The van der Waals surface area contributed by atoms with Crippen molar-refractivity contribution in [2.45, 2.75) is 33.1 Å². The highest BCUT2D eigenvalue weighted by atomic mass is 16.4. The van der Waals surface area contributed by atoms with Crippen LogP contribution in [0.1, 0.15) is 43.7 Å². The number of rotatable bonds is 6. The van der Waals surface area contributed by atoms with Crippen LogP contribution in [0.2, 0.25) is 0 Å². The van der Waals surface area contributed by atoms with Gasteiger partial charge in [-0.15, -0.1) is 0 Å². The molecule has 2 aromatic carbocycles. The number of aryl methyl sites for hydroxylation is 1. The van der Waals surface area contributed by atoms with Gasteiger partial charge < -0.3 is 4.42 Å². The summed E-state index contributed by atoms with van der Waals surface area (Å²) in [6.07, 6.45) is 8.86. The second-order valence-corrected chi connectivity index (χ2v) is 8.04. The van der Waals surface area contributed by atoms with Gasteiger partial charge in [-0.1, -0.05) is 57.2 Å². The third-order valence-electron chi connectivity index (χ3n) is 5.22. The number of aromatic nitrogens is 3. The molecule has 0 radical (unpaired) electrons. The molecule has 0 aliphatic heterocycles. The summed E-state index contributed by atoms with van der Waals surface area (Å²) in [6, 6.07) is 14.9. The summed E-state index contributed by atoms with van der Waals surface area (Å²) < 4.78 is 7.98. The van der Waals surface area contributed by atoms with Gasteiger partial charge >= 0.3 is 0 Å². The molecule has 4 nitrogen and oxygen atoms in total. The van der Waals surface area contributed by atoms with Crippen molar-refractivity contribution >= 4 is 17.0 Å². The van der Waals surface area contributed by atoms with Gasteiger partial charge in [0.2, 0.25) is 0 Å². The van der Waals surface area contributed by atoms with Gasteiger partial charge in [0.05, 0.1) is 17.9 Å². The van der Waals surface area contributed by atoms with Crippen LogP contribution in [0.3, 0.4) is 0 Å². The Balaban J connectivity index is 1.50. The van der Waals surface area contributed by atoms with Crippen LogP contribution in [-0.2, 0) is 13.5 Å². The molecule has 29 heavy (non-hydrogen) atoms. The van der Waals surface area contributed by atoms with Gasteiger partial charge in [-0.25, -0.2) is 4.98 Å². The first kappa shape index (κ1) is 19.2. The molecule has 0 aliphatic carbocycles. The number of hydrogen-bond acceptors (Lipinski definition) is 3. The number of fused-ring (bicyclic) bond motifs is 1. The maximum absolute atomic E-state index is 6.08. The fourth-order valence-corrected chi connectivity index (χ4v) is 3.51. The Kier molecular flexibility index (Phi) is 5.34. The molecular weight excluding hydrogens is 358 g/mol. The SMILES string of the molecule is CC(C)/C=C/c1cccc(-c2cnc(CC(C)c3ccc4c(cnn4C)c3)o2)c1. The second-order valence-electron chi connectivity index (χ2n) is 8.04. The van der Waals surface area contributed by atoms with E-state index in [-0.39, 0.29) is 0 Å². The molecular formula is C25H27N3O. The molecule has 1 unspecified atom stereocenters. The zero-order valence-electron chi connectivity index (χ0n) is 17.5. The summed E-state index contributed by atoms with van der Waals surface area (Å²) in [5, 5.41) is 5.49. The number of nitrogens with zero attached hydrogens (tertiary/aromatic N) is 3. The molecule has 0 fully saturated rings. The Bertz CT molecular complexity index is 1150. The van der Waals surface area contributed by atoms with Gasteiger partial charge in [0.15, 0.2) is 11.7 Å². The average Bonchev–Trinajstić information content (AvgIpc) is 3.33. The van der Waals surface area contributed by atoms with Crippen LogP contribution in [0.25, 0.3) is 28.3 Å². The van der Waals surface area contributed by atoms with Crippen LogP contribution in [0, 0.1) is 5.92 Å². The molecule has 0 aliphatic rings. The van der Waals surface area contributed by atoms with E-state index in [4.69, 9.17) is 4.42 Å². The molecule has 148 valence electrons. The lowest BCUT2D eigenvalue weighted by atomic mass is 9.97.